The molecule has 25 heavy (non-hydrogen) atoms. The molecular weight excluding hydrogens is 384 g/mol. The van der Waals surface area contributed by atoms with Crippen molar-refractivity contribution >= 4 is 27.7 Å². The first-order valence-electron chi connectivity index (χ1n) is 7.88. The average molecular weight is 399 g/mol. The van der Waals surface area contributed by atoms with Crippen LogP contribution in [0, 0.1) is 0 Å². The summed E-state index contributed by atoms with van der Waals surface area (Å²) in [5, 5.41) is 8.16. The Kier molecular flexibility index (Phi) is 3.84. The van der Waals surface area contributed by atoms with Crippen molar-refractivity contribution in [2.24, 2.45) is 0 Å². The van der Waals surface area contributed by atoms with Crippen LogP contribution in [-0.2, 0) is 6.54 Å². The summed E-state index contributed by atoms with van der Waals surface area (Å²) in [7, 11) is 0. The lowest BCUT2D eigenvalue weighted by molar-refractivity contribution is 0.0996. The van der Waals surface area contributed by atoms with E-state index in [1.807, 2.05) is 22.8 Å². The van der Waals surface area contributed by atoms with Gasteiger partial charge >= 0.3 is 0 Å². The van der Waals surface area contributed by atoms with Crippen molar-refractivity contribution in [2.45, 2.75) is 26.4 Å². The lowest BCUT2D eigenvalue weighted by Crippen LogP contribution is -2.24. The van der Waals surface area contributed by atoms with Crippen molar-refractivity contribution in [3.05, 3.63) is 52.5 Å². The van der Waals surface area contributed by atoms with Gasteiger partial charge in [-0.15, -0.1) is 10.2 Å². The van der Waals surface area contributed by atoms with E-state index in [9.17, 15) is 4.79 Å². The molecule has 0 bridgehead atoms. The minimum atomic E-state index is -0.0984. The fourth-order valence-electron chi connectivity index (χ4n) is 2.83. The summed E-state index contributed by atoms with van der Waals surface area (Å²) in [5.74, 6) is 1.16. The Hall–Kier alpha value is -2.61. The van der Waals surface area contributed by atoms with E-state index in [0.717, 1.165) is 10.2 Å². The zero-order chi connectivity index (χ0) is 17.6. The molecule has 0 spiro atoms. The van der Waals surface area contributed by atoms with Gasteiger partial charge < -0.3 is 4.57 Å². The zero-order valence-corrected chi connectivity index (χ0v) is 15.3. The third-order valence-electron chi connectivity index (χ3n) is 4.09. The molecule has 7 nitrogen and oxygen atoms in total. The number of carbonyl (C=O) groups is 1. The van der Waals surface area contributed by atoms with Crippen molar-refractivity contribution in [1.29, 1.82) is 0 Å². The minimum absolute atomic E-state index is 0.0984. The van der Waals surface area contributed by atoms with E-state index in [1.165, 1.54) is 0 Å². The molecule has 126 valence electrons. The smallest absolute Gasteiger partial charge is 0.261 e. The van der Waals surface area contributed by atoms with E-state index in [1.54, 1.807) is 23.5 Å². The van der Waals surface area contributed by atoms with Gasteiger partial charge in [-0.05, 0) is 48.0 Å². The molecule has 0 radical (unpaired) electrons. The summed E-state index contributed by atoms with van der Waals surface area (Å²) in [6.07, 6.45) is 3.39. The first kappa shape index (κ1) is 15.9. The summed E-state index contributed by atoms with van der Waals surface area (Å²) in [5.41, 5.74) is 2.04. The number of amides is 1. The van der Waals surface area contributed by atoms with Crippen LogP contribution in [0.5, 0.6) is 0 Å². The highest BCUT2D eigenvalue weighted by Gasteiger charge is 2.31. The fourth-order valence-corrected chi connectivity index (χ4v) is 3.16. The normalized spacial score (nSPS) is 13.6. The van der Waals surface area contributed by atoms with Gasteiger partial charge in [0.15, 0.2) is 5.82 Å². The number of anilines is 1. The predicted octanol–water partition coefficient (Wildman–Crippen LogP) is 3.24. The second kappa shape index (κ2) is 6.03. The Labute approximate surface area is 152 Å². The Morgan fingerprint density at radius 2 is 2.12 bits per heavy atom. The SMILES string of the molecule is CC(C)n1cnnc1-c1cccc(N2Cc3ncc(Br)cc3C2=O)n1. The molecule has 0 atom stereocenters. The molecule has 0 aliphatic carbocycles. The average Bonchev–Trinajstić information content (AvgIpc) is 3.21. The number of rotatable bonds is 3. The van der Waals surface area contributed by atoms with E-state index in [4.69, 9.17) is 0 Å². The highest BCUT2D eigenvalue weighted by atomic mass is 79.9. The van der Waals surface area contributed by atoms with Gasteiger partial charge in [-0.25, -0.2) is 4.98 Å². The maximum atomic E-state index is 12.7. The zero-order valence-electron chi connectivity index (χ0n) is 13.7. The summed E-state index contributed by atoms with van der Waals surface area (Å²) in [6, 6.07) is 7.57. The molecule has 3 aromatic rings. The van der Waals surface area contributed by atoms with E-state index in [-0.39, 0.29) is 11.9 Å². The largest absolute Gasteiger partial charge is 0.310 e. The lowest BCUT2D eigenvalue weighted by Gasteiger charge is -2.15. The van der Waals surface area contributed by atoms with Gasteiger partial charge in [0.25, 0.3) is 5.91 Å². The Morgan fingerprint density at radius 3 is 2.92 bits per heavy atom. The molecule has 0 unspecified atom stereocenters. The molecule has 8 heteroatoms. The highest BCUT2D eigenvalue weighted by molar-refractivity contribution is 9.10. The molecule has 0 saturated carbocycles. The molecule has 0 aromatic carbocycles. The van der Waals surface area contributed by atoms with Crippen molar-refractivity contribution in [1.82, 2.24) is 24.7 Å². The molecular formula is C17H15BrN6O. The van der Waals surface area contributed by atoms with Crippen LogP contribution < -0.4 is 4.90 Å². The molecule has 0 saturated heterocycles. The van der Waals surface area contributed by atoms with Crippen LogP contribution in [0.3, 0.4) is 0 Å². The second-order valence-electron chi connectivity index (χ2n) is 6.08. The van der Waals surface area contributed by atoms with Gasteiger partial charge in [0.1, 0.15) is 17.8 Å². The van der Waals surface area contributed by atoms with Gasteiger partial charge in [0, 0.05) is 16.7 Å². The first-order chi connectivity index (χ1) is 12.0. The van der Waals surface area contributed by atoms with E-state index in [0.29, 0.717) is 29.4 Å². The maximum Gasteiger partial charge on any atom is 0.261 e. The van der Waals surface area contributed by atoms with E-state index >= 15 is 0 Å². The van der Waals surface area contributed by atoms with Gasteiger partial charge in [-0.1, -0.05) is 6.07 Å². The van der Waals surface area contributed by atoms with Gasteiger partial charge in [0.05, 0.1) is 17.8 Å². The topological polar surface area (TPSA) is 76.8 Å². The molecule has 3 aromatic heterocycles. The molecule has 4 heterocycles. The number of hydrogen-bond acceptors (Lipinski definition) is 5. The maximum absolute atomic E-state index is 12.7. The number of halogens is 1. The van der Waals surface area contributed by atoms with Gasteiger partial charge in [-0.2, -0.15) is 0 Å². The van der Waals surface area contributed by atoms with Crippen LogP contribution in [0.25, 0.3) is 11.5 Å². The molecule has 4 rings (SSSR count). The van der Waals surface area contributed by atoms with Crippen LogP contribution in [0.4, 0.5) is 5.82 Å². The Bertz CT molecular complexity index is 967. The lowest BCUT2D eigenvalue weighted by atomic mass is 10.2. The number of nitrogens with zero attached hydrogens (tertiary/aromatic N) is 6. The van der Waals surface area contributed by atoms with Gasteiger partial charge in [0.2, 0.25) is 0 Å². The molecule has 1 aliphatic heterocycles. The molecule has 0 fully saturated rings. The summed E-state index contributed by atoms with van der Waals surface area (Å²) in [4.78, 5) is 23.3. The van der Waals surface area contributed by atoms with E-state index in [2.05, 4.69) is 49.9 Å². The summed E-state index contributed by atoms with van der Waals surface area (Å²) in [6.45, 7) is 4.52. The van der Waals surface area contributed by atoms with Gasteiger partial charge in [-0.3, -0.25) is 14.7 Å². The Balaban J connectivity index is 1.72. The third kappa shape index (κ3) is 2.72. The first-order valence-corrected chi connectivity index (χ1v) is 8.67. The van der Waals surface area contributed by atoms with Crippen molar-refractivity contribution in [3.63, 3.8) is 0 Å². The highest BCUT2D eigenvalue weighted by Crippen LogP contribution is 2.29. The monoisotopic (exact) mass is 398 g/mol. The number of aromatic nitrogens is 5. The number of fused-ring (bicyclic) bond motifs is 1. The van der Waals surface area contributed by atoms with Crippen molar-refractivity contribution in [2.75, 3.05) is 4.90 Å². The summed E-state index contributed by atoms with van der Waals surface area (Å²) < 4.78 is 2.74. The molecule has 1 amide bonds. The van der Waals surface area contributed by atoms with Crippen molar-refractivity contribution in [3.8, 4) is 11.5 Å². The predicted molar refractivity (Wildman–Crippen MR) is 96.1 cm³/mol. The third-order valence-corrected chi connectivity index (χ3v) is 4.52. The van der Waals surface area contributed by atoms with Crippen LogP contribution in [-0.4, -0.2) is 30.6 Å². The fraction of sp³-hybridized carbons (Fsp3) is 0.235. The second-order valence-corrected chi connectivity index (χ2v) is 6.99. The van der Waals surface area contributed by atoms with Crippen LogP contribution in [0.2, 0.25) is 0 Å². The number of carbonyl (C=O) groups excluding carboxylic acids is 1. The molecule has 0 N–H and O–H groups in total. The standard InChI is InChI=1S/C17H15BrN6O/c1-10(2)24-9-20-22-16(24)13-4-3-5-15(21-13)23-8-14-12(17(23)25)6-11(18)7-19-14/h3-7,9-10H,8H2,1-2H3. The minimum Gasteiger partial charge on any atom is -0.310 e. The quantitative estimate of drug-likeness (QED) is 0.676. The van der Waals surface area contributed by atoms with Crippen LogP contribution in [0.15, 0.2) is 41.3 Å². The van der Waals surface area contributed by atoms with Crippen LogP contribution >= 0.6 is 15.9 Å². The Morgan fingerprint density at radius 1 is 1.28 bits per heavy atom. The number of hydrogen-bond donors (Lipinski definition) is 0. The van der Waals surface area contributed by atoms with E-state index < -0.39 is 0 Å². The number of pyridine rings is 2. The van der Waals surface area contributed by atoms with Crippen LogP contribution in [0.1, 0.15) is 35.9 Å². The molecule has 1 aliphatic rings. The summed E-state index contributed by atoms with van der Waals surface area (Å²) >= 11 is 3.36. The van der Waals surface area contributed by atoms with Crippen molar-refractivity contribution < 1.29 is 4.79 Å².